The molecule has 0 amide bonds. The van der Waals surface area contributed by atoms with Crippen LogP contribution in [-0.2, 0) is 47.4 Å². The highest BCUT2D eigenvalue weighted by Crippen LogP contribution is 2.46. The van der Waals surface area contributed by atoms with Gasteiger partial charge in [-0.1, -0.05) is 72.8 Å². The zero-order valence-electron chi connectivity index (χ0n) is 33.9. The number of hydrogen-bond acceptors (Lipinski definition) is 15. The standard InChI is InChI=1S/C46H46O14S/c1-45(2)57-34-32(52-43-37(36(34)58-45)59-46(3,4)60-43)26-61-44-38(56-42(50)30-23-15-8-16-24-30)35(55-41(49)29-21-13-7-14-22-29)33(54-40(48)28-19-11-6-12-20-28)31(53-44)25-51-39(47)27-17-9-5-10-18-27/h5-24,31-38,43-44H,25-26H2,1-4H3/t31?,32?,33-,34+,35+,36+,37?,38?,43-,44+/m1/s1. The van der Waals surface area contributed by atoms with E-state index in [9.17, 15) is 19.2 Å². The minimum atomic E-state index is -1.50. The van der Waals surface area contributed by atoms with Gasteiger partial charge in [0, 0.05) is 5.75 Å². The Hall–Kier alpha value is -5.13. The highest BCUT2D eigenvalue weighted by Gasteiger charge is 2.61. The number of benzene rings is 4. The fraction of sp³-hybridized carbons (Fsp3) is 0.391. The maximum Gasteiger partial charge on any atom is 0.338 e. The van der Waals surface area contributed by atoms with Crippen LogP contribution >= 0.6 is 11.8 Å². The number of fused-ring (bicyclic) bond motifs is 3. The monoisotopic (exact) mass is 854 g/mol. The zero-order chi connectivity index (χ0) is 42.7. The Morgan fingerprint density at radius 1 is 0.492 bits per heavy atom. The van der Waals surface area contributed by atoms with Crippen LogP contribution in [0.1, 0.15) is 69.1 Å². The van der Waals surface area contributed by atoms with Gasteiger partial charge in [0.2, 0.25) is 0 Å². The molecule has 320 valence electrons. The summed E-state index contributed by atoms with van der Waals surface area (Å²) in [7, 11) is 0. The number of thioether (sulfide) groups is 1. The van der Waals surface area contributed by atoms with E-state index in [2.05, 4.69) is 0 Å². The molecule has 4 heterocycles. The third-order valence-corrected chi connectivity index (χ3v) is 11.6. The van der Waals surface area contributed by atoms with Gasteiger partial charge in [0.15, 0.2) is 36.2 Å². The van der Waals surface area contributed by atoms with Crippen LogP contribution in [0.5, 0.6) is 0 Å². The Balaban J connectivity index is 1.16. The lowest BCUT2D eigenvalue weighted by atomic mass is 9.98. The molecule has 0 aliphatic carbocycles. The number of rotatable bonds is 12. The lowest BCUT2D eigenvalue weighted by molar-refractivity contribution is -0.228. The summed E-state index contributed by atoms with van der Waals surface area (Å²) in [5, 5.41) is 0. The van der Waals surface area contributed by atoms with Crippen molar-refractivity contribution in [1.29, 1.82) is 0 Å². The van der Waals surface area contributed by atoms with Crippen molar-refractivity contribution in [3.05, 3.63) is 144 Å². The van der Waals surface area contributed by atoms with Crippen LogP contribution in [0.15, 0.2) is 121 Å². The Morgan fingerprint density at radius 3 is 1.44 bits per heavy atom. The van der Waals surface area contributed by atoms with Gasteiger partial charge < -0.3 is 47.4 Å². The Kier molecular flexibility index (Phi) is 12.6. The summed E-state index contributed by atoms with van der Waals surface area (Å²) in [6, 6.07) is 33.0. The van der Waals surface area contributed by atoms with Crippen molar-refractivity contribution in [3.8, 4) is 0 Å². The van der Waals surface area contributed by atoms with E-state index in [-0.39, 0.29) is 28.0 Å². The first-order chi connectivity index (χ1) is 29.3. The summed E-state index contributed by atoms with van der Waals surface area (Å²) < 4.78 is 62.7. The Bertz CT molecular complexity index is 2150. The van der Waals surface area contributed by atoms with E-state index in [4.69, 9.17) is 47.4 Å². The van der Waals surface area contributed by atoms with Crippen molar-refractivity contribution >= 4 is 35.6 Å². The Morgan fingerprint density at radius 2 is 0.918 bits per heavy atom. The number of carbonyl (C=O) groups is 4. The van der Waals surface area contributed by atoms with E-state index < -0.39 is 103 Å². The van der Waals surface area contributed by atoms with Crippen molar-refractivity contribution in [2.45, 2.75) is 99.8 Å². The van der Waals surface area contributed by atoms with E-state index in [1.54, 1.807) is 149 Å². The molecule has 0 bridgehead atoms. The minimum absolute atomic E-state index is 0.155. The molecule has 0 radical (unpaired) electrons. The van der Waals surface area contributed by atoms with Gasteiger partial charge in [-0.2, -0.15) is 0 Å². The molecule has 4 unspecified atom stereocenters. The summed E-state index contributed by atoms with van der Waals surface area (Å²) in [6.07, 6.45) is -8.81. The van der Waals surface area contributed by atoms with Gasteiger partial charge in [-0.05, 0) is 76.2 Å². The predicted octanol–water partition coefficient (Wildman–Crippen LogP) is 6.37. The van der Waals surface area contributed by atoms with Gasteiger partial charge in [-0.3, -0.25) is 0 Å². The fourth-order valence-corrected chi connectivity index (χ4v) is 8.95. The van der Waals surface area contributed by atoms with Crippen molar-refractivity contribution in [3.63, 3.8) is 0 Å². The number of esters is 4. The maximum atomic E-state index is 14.0. The normalized spacial score (nSPS) is 29.6. The highest BCUT2D eigenvalue weighted by molar-refractivity contribution is 7.99. The first-order valence-corrected chi connectivity index (χ1v) is 21.0. The lowest BCUT2D eigenvalue weighted by Gasteiger charge is -2.45. The Labute approximate surface area is 357 Å². The molecule has 4 aliphatic rings. The van der Waals surface area contributed by atoms with Crippen LogP contribution in [0.2, 0.25) is 0 Å². The SMILES string of the molecule is CC1(C)OC2[C@H](OC(CS[C@@H]3OC(COC(=O)c4ccccc4)[C@@H](OC(=O)c4ccccc4)[C@H](OC(=O)c4ccccc4)C3OC(=O)c3ccccc3)[C@@H]3OC(C)(C)O[C@H]23)O1. The second-order valence-electron chi connectivity index (χ2n) is 15.8. The first-order valence-electron chi connectivity index (χ1n) is 20.0. The van der Waals surface area contributed by atoms with Crippen molar-refractivity contribution in [1.82, 2.24) is 0 Å². The van der Waals surface area contributed by atoms with Gasteiger partial charge in [-0.25, -0.2) is 19.2 Å². The van der Waals surface area contributed by atoms with Crippen LogP contribution in [0.3, 0.4) is 0 Å². The topological polar surface area (TPSA) is 161 Å². The van der Waals surface area contributed by atoms with Crippen molar-refractivity contribution in [2.24, 2.45) is 0 Å². The van der Waals surface area contributed by atoms with E-state index in [0.717, 1.165) is 0 Å². The third kappa shape index (κ3) is 9.84. The van der Waals surface area contributed by atoms with Crippen LogP contribution < -0.4 is 0 Å². The molecule has 0 N–H and O–H groups in total. The summed E-state index contributed by atoms with van der Waals surface area (Å²) in [5.74, 6) is -4.77. The average molecular weight is 855 g/mol. The summed E-state index contributed by atoms with van der Waals surface area (Å²) >= 11 is 1.18. The predicted molar refractivity (Wildman–Crippen MR) is 217 cm³/mol. The van der Waals surface area contributed by atoms with Gasteiger partial charge in [0.1, 0.15) is 36.5 Å². The van der Waals surface area contributed by atoms with Gasteiger partial charge >= 0.3 is 23.9 Å². The minimum Gasteiger partial charge on any atom is -0.459 e. The first kappa shape index (κ1) is 42.6. The molecule has 4 aromatic carbocycles. The molecule has 61 heavy (non-hydrogen) atoms. The average Bonchev–Trinajstić information content (AvgIpc) is 3.78. The molecule has 0 saturated carbocycles. The second-order valence-corrected chi connectivity index (χ2v) is 16.9. The molecule has 4 aliphatic heterocycles. The lowest BCUT2D eigenvalue weighted by Crippen LogP contribution is -2.62. The number of ether oxygens (including phenoxy) is 10. The molecular weight excluding hydrogens is 809 g/mol. The van der Waals surface area contributed by atoms with Crippen LogP contribution in [0, 0.1) is 0 Å². The van der Waals surface area contributed by atoms with Gasteiger partial charge in [-0.15, -0.1) is 11.8 Å². The second kappa shape index (κ2) is 18.1. The summed E-state index contributed by atoms with van der Waals surface area (Å²) in [5.41, 5.74) is -0.282. The summed E-state index contributed by atoms with van der Waals surface area (Å²) in [6.45, 7) is 6.74. The molecule has 0 spiro atoms. The van der Waals surface area contributed by atoms with E-state index >= 15 is 0 Å². The molecule has 4 aromatic rings. The molecule has 0 aromatic heterocycles. The fourth-order valence-electron chi connectivity index (χ4n) is 7.68. The molecule has 14 nitrogen and oxygen atoms in total. The number of hydrogen-bond donors (Lipinski definition) is 0. The summed E-state index contributed by atoms with van der Waals surface area (Å²) in [4.78, 5) is 55.2. The highest BCUT2D eigenvalue weighted by atomic mass is 32.2. The van der Waals surface area contributed by atoms with Gasteiger partial charge in [0.25, 0.3) is 0 Å². The van der Waals surface area contributed by atoms with Gasteiger partial charge in [0.05, 0.1) is 28.4 Å². The molecule has 15 heteroatoms. The smallest absolute Gasteiger partial charge is 0.338 e. The third-order valence-electron chi connectivity index (χ3n) is 10.4. The van der Waals surface area contributed by atoms with Crippen LogP contribution in [-0.4, -0.2) is 108 Å². The molecule has 10 atom stereocenters. The molecule has 4 saturated heterocycles. The quantitative estimate of drug-likeness (QED) is 0.114. The molecular formula is C46H46O14S. The molecule has 4 fully saturated rings. The van der Waals surface area contributed by atoms with E-state index in [1.165, 1.54) is 11.8 Å². The molecule has 8 rings (SSSR count). The largest absolute Gasteiger partial charge is 0.459 e. The van der Waals surface area contributed by atoms with Crippen LogP contribution in [0.25, 0.3) is 0 Å². The van der Waals surface area contributed by atoms with E-state index in [1.807, 2.05) is 0 Å². The maximum absolute atomic E-state index is 14.0. The van der Waals surface area contributed by atoms with E-state index in [0.29, 0.717) is 0 Å². The van der Waals surface area contributed by atoms with Crippen molar-refractivity contribution < 1.29 is 66.5 Å². The van der Waals surface area contributed by atoms with Crippen LogP contribution in [0.4, 0.5) is 0 Å². The van der Waals surface area contributed by atoms with Crippen molar-refractivity contribution in [2.75, 3.05) is 12.4 Å². The number of carbonyl (C=O) groups excluding carboxylic acids is 4. The zero-order valence-corrected chi connectivity index (χ0v) is 34.7.